The van der Waals surface area contributed by atoms with Crippen LogP contribution in [0.4, 0.5) is 5.69 Å². The van der Waals surface area contributed by atoms with Crippen molar-refractivity contribution in [3.05, 3.63) is 35.4 Å². The third-order valence-corrected chi connectivity index (χ3v) is 2.76. The molecule has 0 aliphatic heterocycles. The lowest BCUT2D eigenvalue weighted by molar-refractivity contribution is 0.397. The average molecular weight is 266 g/mol. The predicted molar refractivity (Wildman–Crippen MR) is 71.7 cm³/mol. The van der Waals surface area contributed by atoms with E-state index in [2.05, 4.69) is 4.98 Å². The van der Waals surface area contributed by atoms with E-state index in [0.717, 1.165) is 0 Å². The average Bonchev–Trinajstić information content (AvgIpc) is 2.47. The number of phenolic OH excluding ortho intramolecular Hbond substituents is 1. The maximum atomic E-state index is 9.29. The second-order valence-corrected chi connectivity index (χ2v) is 3.90. The first kappa shape index (κ1) is 13.2. The number of methoxy groups -OCH3 is 1. The van der Waals surface area contributed by atoms with E-state index >= 15 is 0 Å². The number of benzene rings is 1. The van der Waals surface area contributed by atoms with E-state index in [9.17, 15) is 10.4 Å². The molecule has 0 amide bonds. The molecule has 98 valence electrons. The second kappa shape index (κ2) is 5.17. The van der Waals surface area contributed by atoms with Crippen LogP contribution in [0, 0.1) is 22.7 Å². The molecule has 0 atom stereocenters. The molecule has 0 radical (unpaired) electrons. The van der Waals surface area contributed by atoms with E-state index < -0.39 is 0 Å². The summed E-state index contributed by atoms with van der Waals surface area (Å²) in [6, 6.07) is 9.96. The third-order valence-electron chi connectivity index (χ3n) is 2.76. The Morgan fingerprint density at radius 1 is 1.15 bits per heavy atom. The zero-order valence-corrected chi connectivity index (χ0v) is 10.6. The SMILES string of the molecule is COc1nc(-c2ccc(O)cc2)c(C#N)c(N)c1C#N. The molecule has 0 spiro atoms. The van der Waals surface area contributed by atoms with Gasteiger partial charge in [-0.2, -0.15) is 10.5 Å². The number of aromatic hydroxyl groups is 1. The fourth-order valence-corrected chi connectivity index (χ4v) is 1.78. The second-order valence-electron chi connectivity index (χ2n) is 3.90. The fraction of sp³-hybridized carbons (Fsp3) is 0.0714. The number of aromatic nitrogens is 1. The van der Waals surface area contributed by atoms with Gasteiger partial charge in [0.1, 0.15) is 29.0 Å². The molecule has 0 bridgehead atoms. The molecule has 20 heavy (non-hydrogen) atoms. The van der Waals surface area contributed by atoms with Crippen molar-refractivity contribution in [3.8, 4) is 35.0 Å². The Morgan fingerprint density at radius 2 is 1.75 bits per heavy atom. The Morgan fingerprint density at radius 3 is 2.25 bits per heavy atom. The van der Waals surface area contributed by atoms with Gasteiger partial charge in [-0.05, 0) is 24.3 Å². The Labute approximate surface area is 115 Å². The van der Waals surface area contributed by atoms with Gasteiger partial charge >= 0.3 is 0 Å². The first-order valence-corrected chi connectivity index (χ1v) is 5.59. The van der Waals surface area contributed by atoms with Gasteiger partial charge < -0.3 is 15.6 Å². The Kier molecular flexibility index (Phi) is 3.41. The van der Waals surface area contributed by atoms with E-state index in [1.165, 1.54) is 19.2 Å². The van der Waals surface area contributed by atoms with Crippen molar-refractivity contribution in [3.63, 3.8) is 0 Å². The summed E-state index contributed by atoms with van der Waals surface area (Å²) >= 11 is 0. The highest BCUT2D eigenvalue weighted by Crippen LogP contribution is 2.33. The number of phenols is 1. The molecule has 0 unspecified atom stereocenters. The van der Waals surface area contributed by atoms with Crippen LogP contribution in [0.25, 0.3) is 11.3 Å². The number of nitrogens with zero attached hydrogens (tertiary/aromatic N) is 3. The topological polar surface area (TPSA) is 116 Å². The number of ether oxygens (including phenoxy) is 1. The van der Waals surface area contributed by atoms with Crippen molar-refractivity contribution >= 4 is 5.69 Å². The lowest BCUT2D eigenvalue weighted by Crippen LogP contribution is -2.04. The number of nitrogen functional groups attached to an aromatic ring is 1. The van der Waals surface area contributed by atoms with Crippen molar-refractivity contribution in [2.45, 2.75) is 0 Å². The van der Waals surface area contributed by atoms with Crippen molar-refractivity contribution in [1.82, 2.24) is 4.98 Å². The molecular weight excluding hydrogens is 256 g/mol. The zero-order chi connectivity index (χ0) is 14.7. The highest BCUT2D eigenvalue weighted by Gasteiger charge is 2.19. The summed E-state index contributed by atoms with van der Waals surface area (Å²) in [6.45, 7) is 0. The molecule has 6 nitrogen and oxygen atoms in total. The Balaban J connectivity index is 2.77. The first-order chi connectivity index (χ1) is 9.62. The van der Waals surface area contributed by atoms with E-state index in [-0.39, 0.29) is 28.4 Å². The van der Waals surface area contributed by atoms with Gasteiger partial charge in [0.15, 0.2) is 0 Å². The lowest BCUT2D eigenvalue weighted by Gasteiger charge is -2.11. The molecule has 0 aliphatic carbocycles. The number of rotatable bonds is 2. The number of hydrogen-bond acceptors (Lipinski definition) is 6. The minimum atomic E-state index is 0.0323. The van der Waals surface area contributed by atoms with Gasteiger partial charge in [-0.15, -0.1) is 0 Å². The van der Waals surface area contributed by atoms with Gasteiger partial charge in [-0.3, -0.25) is 0 Å². The van der Waals surface area contributed by atoms with Crippen LogP contribution < -0.4 is 10.5 Å². The summed E-state index contributed by atoms with van der Waals surface area (Å²) < 4.78 is 5.03. The lowest BCUT2D eigenvalue weighted by atomic mass is 10.0. The molecule has 2 rings (SSSR count). The molecule has 0 aliphatic rings. The van der Waals surface area contributed by atoms with Gasteiger partial charge in [-0.25, -0.2) is 4.98 Å². The molecular formula is C14H10N4O2. The maximum absolute atomic E-state index is 9.29. The number of hydrogen-bond donors (Lipinski definition) is 2. The summed E-state index contributed by atoms with van der Waals surface area (Å²) in [7, 11) is 1.37. The number of nitriles is 2. The normalized spacial score (nSPS) is 9.55. The Bertz CT molecular complexity index is 740. The molecule has 1 heterocycles. The van der Waals surface area contributed by atoms with Crippen LogP contribution in [0.5, 0.6) is 11.6 Å². The summed E-state index contributed by atoms with van der Waals surface area (Å²) in [6.07, 6.45) is 0. The number of nitrogens with two attached hydrogens (primary N) is 1. The molecule has 0 fully saturated rings. The third kappa shape index (κ3) is 2.06. The maximum Gasteiger partial charge on any atom is 0.234 e. The first-order valence-electron chi connectivity index (χ1n) is 5.59. The van der Waals surface area contributed by atoms with Crippen LogP contribution in [-0.2, 0) is 0 Å². The van der Waals surface area contributed by atoms with Crippen LogP contribution in [0.2, 0.25) is 0 Å². The summed E-state index contributed by atoms with van der Waals surface area (Å²) in [5.41, 5.74) is 6.90. The van der Waals surface area contributed by atoms with Gasteiger partial charge in [0.2, 0.25) is 5.88 Å². The molecule has 0 saturated heterocycles. The van der Waals surface area contributed by atoms with Gasteiger partial charge in [-0.1, -0.05) is 0 Å². The van der Waals surface area contributed by atoms with Crippen LogP contribution in [0.15, 0.2) is 24.3 Å². The van der Waals surface area contributed by atoms with Crippen LogP contribution in [-0.4, -0.2) is 17.2 Å². The van der Waals surface area contributed by atoms with Crippen LogP contribution in [0.3, 0.4) is 0 Å². The number of pyridine rings is 1. The summed E-state index contributed by atoms with van der Waals surface area (Å²) in [4.78, 5) is 4.16. The predicted octanol–water partition coefficient (Wildman–Crippen LogP) is 1.79. The number of anilines is 1. The quantitative estimate of drug-likeness (QED) is 0.855. The highest BCUT2D eigenvalue weighted by atomic mass is 16.5. The van der Waals surface area contributed by atoms with E-state index in [1.54, 1.807) is 12.1 Å². The minimum Gasteiger partial charge on any atom is -0.508 e. The van der Waals surface area contributed by atoms with Crippen molar-refractivity contribution in [1.29, 1.82) is 10.5 Å². The summed E-state index contributed by atoms with van der Waals surface area (Å²) in [5, 5.41) is 27.6. The van der Waals surface area contributed by atoms with Crippen molar-refractivity contribution < 1.29 is 9.84 Å². The smallest absolute Gasteiger partial charge is 0.234 e. The minimum absolute atomic E-state index is 0.0323. The zero-order valence-electron chi connectivity index (χ0n) is 10.6. The molecule has 1 aromatic carbocycles. The van der Waals surface area contributed by atoms with Crippen molar-refractivity contribution in [2.24, 2.45) is 0 Å². The molecule has 6 heteroatoms. The van der Waals surface area contributed by atoms with E-state index in [1.807, 2.05) is 12.1 Å². The van der Waals surface area contributed by atoms with Crippen LogP contribution >= 0.6 is 0 Å². The molecule has 3 N–H and O–H groups in total. The summed E-state index contributed by atoms with van der Waals surface area (Å²) in [5.74, 6) is 0.160. The highest BCUT2D eigenvalue weighted by molar-refractivity contribution is 5.79. The molecule has 1 aromatic heterocycles. The van der Waals surface area contributed by atoms with Crippen molar-refractivity contribution in [2.75, 3.05) is 12.8 Å². The molecule has 0 saturated carbocycles. The fourth-order valence-electron chi connectivity index (χ4n) is 1.78. The Hall–Kier alpha value is -3.25. The van der Waals surface area contributed by atoms with Gasteiger partial charge in [0, 0.05) is 5.56 Å². The molecule has 2 aromatic rings. The van der Waals surface area contributed by atoms with E-state index in [0.29, 0.717) is 11.3 Å². The van der Waals surface area contributed by atoms with Gasteiger partial charge in [0.05, 0.1) is 18.5 Å². The van der Waals surface area contributed by atoms with E-state index in [4.69, 9.17) is 15.7 Å². The standard InChI is InChI=1S/C14H10N4O2/c1-20-14-11(7-16)12(17)10(6-15)13(18-14)8-2-4-9(19)5-3-8/h2-5,19H,1H3,(H2,17,18). The van der Waals surface area contributed by atoms with Gasteiger partial charge in [0.25, 0.3) is 0 Å². The monoisotopic (exact) mass is 266 g/mol. The van der Waals surface area contributed by atoms with Crippen LogP contribution in [0.1, 0.15) is 11.1 Å². The largest absolute Gasteiger partial charge is 0.508 e.